The number of thiocarbonyl (C=S) groups is 1. The maximum atomic E-state index is 12.0. The molecule has 0 bridgehead atoms. The summed E-state index contributed by atoms with van der Waals surface area (Å²) in [4.78, 5) is 12.3. The van der Waals surface area contributed by atoms with Crippen LogP contribution in [0.2, 0.25) is 0 Å². The van der Waals surface area contributed by atoms with Crippen molar-refractivity contribution in [3.8, 4) is 5.75 Å². The molecule has 4 nitrogen and oxygen atoms in total. The lowest BCUT2D eigenvalue weighted by molar-refractivity contribution is -0.118. The molecule has 3 N–H and O–H groups in total. The summed E-state index contributed by atoms with van der Waals surface area (Å²) in [5.74, 6) is 0.101. The van der Waals surface area contributed by atoms with Crippen LogP contribution >= 0.6 is 12.2 Å². The number of hydrogen-bond donors (Lipinski definition) is 2. The van der Waals surface area contributed by atoms with Gasteiger partial charge in [-0.2, -0.15) is 0 Å². The van der Waals surface area contributed by atoms with Gasteiger partial charge in [0, 0.05) is 11.8 Å². The largest absolute Gasteiger partial charge is 0.497 e. The first-order valence-corrected chi connectivity index (χ1v) is 6.23. The molecule has 98 valence electrons. The highest BCUT2D eigenvalue weighted by Gasteiger charge is 2.20. The van der Waals surface area contributed by atoms with Crippen molar-refractivity contribution >= 4 is 28.8 Å². The number of rotatable bonds is 6. The Labute approximate surface area is 113 Å². The van der Waals surface area contributed by atoms with Crippen LogP contribution in [0.15, 0.2) is 24.3 Å². The first kappa shape index (κ1) is 14.4. The van der Waals surface area contributed by atoms with E-state index in [2.05, 4.69) is 5.32 Å². The van der Waals surface area contributed by atoms with Crippen molar-refractivity contribution < 1.29 is 9.53 Å². The van der Waals surface area contributed by atoms with Crippen molar-refractivity contribution in [2.24, 2.45) is 11.7 Å². The zero-order chi connectivity index (χ0) is 13.5. The second-order valence-electron chi connectivity index (χ2n) is 3.96. The molecule has 0 saturated carbocycles. The SMILES string of the molecule is CCCC(C(=O)Nc1cccc(OC)c1)C(N)=S. The molecular formula is C13H18N2O2S. The summed E-state index contributed by atoms with van der Waals surface area (Å²) in [5.41, 5.74) is 6.26. The molecule has 1 aromatic carbocycles. The molecule has 0 aliphatic heterocycles. The minimum atomic E-state index is -0.420. The summed E-state index contributed by atoms with van der Waals surface area (Å²) in [6, 6.07) is 7.17. The molecule has 1 amide bonds. The lowest BCUT2D eigenvalue weighted by Crippen LogP contribution is -2.33. The molecular weight excluding hydrogens is 248 g/mol. The Bertz CT molecular complexity index is 435. The number of amides is 1. The van der Waals surface area contributed by atoms with E-state index in [4.69, 9.17) is 22.7 Å². The average molecular weight is 266 g/mol. The molecule has 0 radical (unpaired) electrons. The van der Waals surface area contributed by atoms with Gasteiger partial charge in [0.1, 0.15) is 5.75 Å². The number of hydrogen-bond acceptors (Lipinski definition) is 3. The summed E-state index contributed by atoms with van der Waals surface area (Å²) in [5, 5.41) is 2.80. The van der Waals surface area contributed by atoms with Gasteiger partial charge in [-0.05, 0) is 18.6 Å². The van der Waals surface area contributed by atoms with E-state index in [1.54, 1.807) is 19.2 Å². The van der Waals surface area contributed by atoms with Crippen LogP contribution in [0.4, 0.5) is 5.69 Å². The molecule has 5 heteroatoms. The van der Waals surface area contributed by atoms with E-state index in [1.165, 1.54) is 0 Å². The van der Waals surface area contributed by atoms with Crippen molar-refractivity contribution in [3.05, 3.63) is 24.3 Å². The molecule has 1 atom stereocenters. The molecule has 0 fully saturated rings. The van der Waals surface area contributed by atoms with Crippen LogP contribution in [0.5, 0.6) is 5.75 Å². The van der Waals surface area contributed by atoms with Gasteiger partial charge >= 0.3 is 0 Å². The van der Waals surface area contributed by atoms with Crippen LogP contribution in [0.25, 0.3) is 0 Å². The van der Waals surface area contributed by atoms with Crippen molar-refractivity contribution in [2.45, 2.75) is 19.8 Å². The minimum Gasteiger partial charge on any atom is -0.497 e. The van der Waals surface area contributed by atoms with Crippen molar-refractivity contribution in [1.82, 2.24) is 0 Å². The maximum Gasteiger partial charge on any atom is 0.234 e. The summed E-state index contributed by atoms with van der Waals surface area (Å²) in [6.07, 6.45) is 1.51. The normalized spacial score (nSPS) is 11.7. The fraction of sp³-hybridized carbons (Fsp3) is 0.385. The molecule has 0 heterocycles. The number of nitrogens with one attached hydrogen (secondary N) is 1. The fourth-order valence-electron chi connectivity index (χ4n) is 1.62. The van der Waals surface area contributed by atoms with Gasteiger partial charge in [-0.15, -0.1) is 0 Å². The second-order valence-corrected chi connectivity index (χ2v) is 4.44. The summed E-state index contributed by atoms with van der Waals surface area (Å²) in [6.45, 7) is 1.99. The van der Waals surface area contributed by atoms with E-state index in [-0.39, 0.29) is 10.9 Å². The van der Waals surface area contributed by atoms with Gasteiger partial charge in [0.15, 0.2) is 0 Å². The van der Waals surface area contributed by atoms with E-state index >= 15 is 0 Å². The van der Waals surface area contributed by atoms with Crippen molar-refractivity contribution in [3.63, 3.8) is 0 Å². The average Bonchev–Trinajstić information content (AvgIpc) is 2.35. The molecule has 0 aromatic heterocycles. The Morgan fingerprint density at radius 1 is 1.56 bits per heavy atom. The van der Waals surface area contributed by atoms with Gasteiger partial charge in [-0.25, -0.2) is 0 Å². The van der Waals surface area contributed by atoms with Gasteiger partial charge < -0.3 is 15.8 Å². The van der Waals surface area contributed by atoms with Crippen LogP contribution in [-0.2, 0) is 4.79 Å². The standard InChI is InChI=1S/C13H18N2O2S/c1-3-5-11(12(14)18)13(16)15-9-6-4-7-10(8-9)17-2/h4,6-8,11H,3,5H2,1-2H3,(H2,14,18)(H,15,16). The highest BCUT2D eigenvalue weighted by Crippen LogP contribution is 2.18. The quantitative estimate of drug-likeness (QED) is 0.776. The Morgan fingerprint density at radius 2 is 2.28 bits per heavy atom. The predicted octanol–water partition coefficient (Wildman–Crippen LogP) is 2.34. The van der Waals surface area contributed by atoms with E-state index in [0.29, 0.717) is 17.9 Å². The third-order valence-corrected chi connectivity index (χ3v) is 2.86. The lowest BCUT2D eigenvalue weighted by atomic mass is 10.0. The molecule has 0 aliphatic carbocycles. The van der Waals surface area contributed by atoms with Crippen LogP contribution in [0.1, 0.15) is 19.8 Å². The third kappa shape index (κ3) is 4.00. The highest BCUT2D eigenvalue weighted by molar-refractivity contribution is 7.80. The number of methoxy groups -OCH3 is 1. The molecule has 0 spiro atoms. The maximum absolute atomic E-state index is 12.0. The first-order valence-electron chi connectivity index (χ1n) is 5.82. The molecule has 18 heavy (non-hydrogen) atoms. The van der Waals surface area contributed by atoms with Gasteiger partial charge in [0.05, 0.1) is 18.0 Å². The third-order valence-electron chi connectivity index (χ3n) is 2.57. The topological polar surface area (TPSA) is 64.3 Å². The predicted molar refractivity (Wildman–Crippen MR) is 76.8 cm³/mol. The fourth-order valence-corrected chi connectivity index (χ4v) is 1.85. The smallest absolute Gasteiger partial charge is 0.234 e. The molecule has 0 aliphatic rings. The number of carbonyl (C=O) groups is 1. The number of anilines is 1. The lowest BCUT2D eigenvalue weighted by Gasteiger charge is -2.14. The Balaban J connectivity index is 2.75. The van der Waals surface area contributed by atoms with E-state index in [0.717, 1.165) is 6.42 Å². The molecule has 1 unspecified atom stereocenters. The van der Waals surface area contributed by atoms with Gasteiger partial charge in [-0.1, -0.05) is 31.6 Å². The second kappa shape index (κ2) is 6.96. The van der Waals surface area contributed by atoms with Crippen molar-refractivity contribution in [1.29, 1.82) is 0 Å². The molecule has 1 aromatic rings. The number of nitrogens with two attached hydrogens (primary N) is 1. The first-order chi connectivity index (χ1) is 8.58. The Morgan fingerprint density at radius 3 is 2.83 bits per heavy atom. The van der Waals surface area contributed by atoms with Crippen LogP contribution in [0.3, 0.4) is 0 Å². The van der Waals surface area contributed by atoms with Gasteiger partial charge in [0.2, 0.25) is 5.91 Å². The summed E-state index contributed by atoms with van der Waals surface area (Å²) >= 11 is 4.92. The van der Waals surface area contributed by atoms with Crippen molar-refractivity contribution in [2.75, 3.05) is 12.4 Å². The Kier molecular flexibility index (Phi) is 5.58. The van der Waals surface area contributed by atoms with Gasteiger partial charge in [0.25, 0.3) is 0 Å². The van der Waals surface area contributed by atoms with E-state index in [9.17, 15) is 4.79 Å². The summed E-state index contributed by atoms with van der Waals surface area (Å²) < 4.78 is 5.09. The Hall–Kier alpha value is -1.62. The highest BCUT2D eigenvalue weighted by atomic mass is 32.1. The molecule has 1 rings (SSSR count). The van der Waals surface area contributed by atoms with E-state index < -0.39 is 5.92 Å². The summed E-state index contributed by atoms with van der Waals surface area (Å²) in [7, 11) is 1.58. The number of benzene rings is 1. The molecule has 0 saturated heterocycles. The zero-order valence-corrected chi connectivity index (χ0v) is 11.4. The number of ether oxygens (including phenoxy) is 1. The van der Waals surface area contributed by atoms with Crippen LogP contribution in [-0.4, -0.2) is 18.0 Å². The van der Waals surface area contributed by atoms with E-state index in [1.807, 2.05) is 19.1 Å². The van der Waals surface area contributed by atoms with Crippen LogP contribution in [0, 0.1) is 5.92 Å². The number of carbonyl (C=O) groups excluding carboxylic acids is 1. The van der Waals surface area contributed by atoms with Gasteiger partial charge in [-0.3, -0.25) is 4.79 Å². The minimum absolute atomic E-state index is 0.169. The monoisotopic (exact) mass is 266 g/mol. The van der Waals surface area contributed by atoms with Crippen LogP contribution < -0.4 is 15.8 Å². The zero-order valence-electron chi connectivity index (χ0n) is 10.6.